The molecule has 0 N–H and O–H groups in total. The van der Waals surface area contributed by atoms with Crippen LogP contribution in [0.5, 0.6) is 0 Å². The van der Waals surface area contributed by atoms with Crippen LogP contribution in [0.25, 0.3) is 0 Å². The molecule has 1 aliphatic rings. The fraction of sp³-hybridized carbons (Fsp3) is 0.375. The lowest BCUT2D eigenvalue weighted by molar-refractivity contribution is -0.158. The smallest absolute Gasteiger partial charge is 0.314 e. The molecule has 1 fully saturated rings. The van der Waals surface area contributed by atoms with Gasteiger partial charge in [-0.25, -0.2) is 0 Å². The van der Waals surface area contributed by atoms with Crippen molar-refractivity contribution in [2.75, 3.05) is 13.7 Å². The number of benzene rings is 2. The van der Waals surface area contributed by atoms with Gasteiger partial charge in [0.05, 0.1) is 19.1 Å². The molecule has 0 saturated heterocycles. The summed E-state index contributed by atoms with van der Waals surface area (Å²) in [6, 6.07) is 21.0. The first-order valence-electron chi connectivity index (χ1n) is 9.75. The normalized spacial score (nSPS) is 16.4. The minimum atomic E-state index is -2.66. The molecule has 148 valence electrons. The summed E-state index contributed by atoms with van der Waals surface area (Å²) < 4.78 is 12.1. The van der Waals surface area contributed by atoms with Crippen molar-refractivity contribution in [3.8, 4) is 0 Å². The maximum Gasteiger partial charge on any atom is 0.314 e. The number of carbonyl (C=O) groups is 1. The van der Waals surface area contributed by atoms with E-state index < -0.39 is 13.7 Å². The third-order valence-corrected chi connectivity index (χ3v) is 10.8. The Morgan fingerprint density at radius 3 is 1.82 bits per heavy atom. The largest absolute Gasteiger partial charge is 0.469 e. The van der Waals surface area contributed by atoms with Crippen molar-refractivity contribution in [2.45, 2.75) is 38.7 Å². The molecule has 0 bridgehead atoms. The Bertz CT molecular complexity index is 790. The van der Waals surface area contributed by atoms with E-state index in [4.69, 9.17) is 9.16 Å². The molecule has 3 rings (SSSR count). The Morgan fingerprint density at radius 2 is 1.46 bits per heavy atom. The molecule has 0 heterocycles. The van der Waals surface area contributed by atoms with Crippen molar-refractivity contribution in [1.29, 1.82) is 0 Å². The lowest BCUT2D eigenvalue weighted by Crippen LogP contribution is -2.67. The number of hydrogen-bond acceptors (Lipinski definition) is 3. The molecule has 2 aromatic carbocycles. The van der Waals surface area contributed by atoms with Crippen LogP contribution in [-0.4, -0.2) is 28.0 Å². The Balaban J connectivity index is 2.09. The van der Waals surface area contributed by atoms with E-state index in [1.165, 1.54) is 17.5 Å². The van der Waals surface area contributed by atoms with Gasteiger partial charge in [0.2, 0.25) is 0 Å². The number of esters is 1. The van der Waals surface area contributed by atoms with Gasteiger partial charge in [0.25, 0.3) is 8.32 Å². The highest BCUT2D eigenvalue weighted by Crippen LogP contribution is 2.47. The Morgan fingerprint density at radius 1 is 1.00 bits per heavy atom. The summed E-state index contributed by atoms with van der Waals surface area (Å²) in [7, 11) is -1.21. The van der Waals surface area contributed by atoms with Crippen LogP contribution in [0.4, 0.5) is 0 Å². The number of ether oxygens (including phenoxy) is 1. The minimum absolute atomic E-state index is 0.117. The summed E-state index contributed by atoms with van der Waals surface area (Å²) in [5.74, 6) is -0.196. The van der Waals surface area contributed by atoms with E-state index in [-0.39, 0.29) is 11.0 Å². The Hall–Kier alpha value is -2.17. The van der Waals surface area contributed by atoms with E-state index in [0.717, 1.165) is 5.57 Å². The van der Waals surface area contributed by atoms with Gasteiger partial charge in [-0.05, 0) is 28.3 Å². The van der Waals surface area contributed by atoms with Crippen molar-refractivity contribution in [1.82, 2.24) is 0 Å². The van der Waals surface area contributed by atoms with Crippen LogP contribution in [0, 0.1) is 5.41 Å². The van der Waals surface area contributed by atoms with Crippen LogP contribution in [-0.2, 0) is 14.0 Å². The first kappa shape index (κ1) is 20.6. The van der Waals surface area contributed by atoms with E-state index in [1.807, 2.05) is 12.1 Å². The summed E-state index contributed by atoms with van der Waals surface area (Å²) in [6.45, 7) is 11.1. The van der Waals surface area contributed by atoms with Crippen molar-refractivity contribution in [3.63, 3.8) is 0 Å². The van der Waals surface area contributed by atoms with Crippen molar-refractivity contribution < 1.29 is 14.0 Å². The van der Waals surface area contributed by atoms with Gasteiger partial charge in [0, 0.05) is 0 Å². The molecule has 3 nitrogen and oxygen atoms in total. The molecular formula is C24H30O3Si. The fourth-order valence-corrected chi connectivity index (χ4v) is 9.08. The van der Waals surface area contributed by atoms with Crippen LogP contribution >= 0.6 is 0 Å². The fourth-order valence-electron chi connectivity index (χ4n) is 4.44. The van der Waals surface area contributed by atoms with Crippen LogP contribution < -0.4 is 10.4 Å². The van der Waals surface area contributed by atoms with E-state index in [9.17, 15) is 4.79 Å². The highest BCUT2D eigenvalue weighted by atomic mass is 28.4. The first-order valence-corrected chi connectivity index (χ1v) is 11.7. The van der Waals surface area contributed by atoms with E-state index in [2.05, 4.69) is 75.9 Å². The van der Waals surface area contributed by atoms with Crippen molar-refractivity contribution >= 4 is 24.7 Å². The summed E-state index contributed by atoms with van der Waals surface area (Å²) in [4.78, 5) is 12.6. The van der Waals surface area contributed by atoms with Gasteiger partial charge in [0.15, 0.2) is 0 Å². The lowest BCUT2D eigenvalue weighted by atomic mass is 9.66. The van der Waals surface area contributed by atoms with E-state index in [0.29, 0.717) is 19.4 Å². The average molecular weight is 395 g/mol. The molecule has 0 radical (unpaired) electrons. The van der Waals surface area contributed by atoms with Crippen molar-refractivity contribution in [3.05, 3.63) is 72.8 Å². The maximum atomic E-state index is 12.6. The Kier molecular flexibility index (Phi) is 5.64. The molecule has 0 aromatic heterocycles. The first-order chi connectivity index (χ1) is 13.2. The van der Waals surface area contributed by atoms with Gasteiger partial charge in [-0.1, -0.05) is 93.6 Å². The molecule has 0 amide bonds. The van der Waals surface area contributed by atoms with Crippen LogP contribution in [0.15, 0.2) is 72.8 Å². The number of rotatable bonds is 6. The number of hydrogen-bond donors (Lipinski definition) is 0. The number of methoxy groups -OCH3 is 1. The topological polar surface area (TPSA) is 35.5 Å². The summed E-state index contributed by atoms with van der Waals surface area (Å²) in [5.41, 5.74) is 0.468. The monoisotopic (exact) mass is 394 g/mol. The molecule has 28 heavy (non-hydrogen) atoms. The third-order valence-electron chi connectivity index (χ3n) is 5.78. The molecule has 0 spiro atoms. The van der Waals surface area contributed by atoms with Gasteiger partial charge >= 0.3 is 5.97 Å². The zero-order valence-corrected chi connectivity index (χ0v) is 18.3. The molecule has 0 aliphatic heterocycles. The molecule has 4 heteroatoms. The van der Waals surface area contributed by atoms with Gasteiger partial charge < -0.3 is 9.16 Å². The lowest BCUT2D eigenvalue weighted by Gasteiger charge is -2.47. The third kappa shape index (κ3) is 3.47. The molecule has 2 aromatic rings. The van der Waals surface area contributed by atoms with E-state index >= 15 is 0 Å². The SMILES string of the molecule is C=C1CC(CO[Si](c2ccccc2)(c2ccccc2)C(C)(C)C)(C(=O)OC)C1. The average Bonchev–Trinajstić information content (AvgIpc) is 2.66. The van der Waals surface area contributed by atoms with E-state index in [1.54, 1.807) is 0 Å². The molecule has 0 unspecified atom stereocenters. The molecule has 0 atom stereocenters. The Labute approximate surface area is 169 Å². The highest BCUT2D eigenvalue weighted by molar-refractivity contribution is 6.99. The summed E-state index contributed by atoms with van der Waals surface area (Å²) in [6.07, 6.45) is 1.27. The second-order valence-electron chi connectivity index (χ2n) is 8.83. The molecule has 1 aliphatic carbocycles. The number of allylic oxidation sites excluding steroid dienone is 1. The van der Waals surface area contributed by atoms with Gasteiger partial charge in [0.1, 0.15) is 0 Å². The van der Waals surface area contributed by atoms with Crippen molar-refractivity contribution in [2.24, 2.45) is 5.41 Å². The minimum Gasteiger partial charge on any atom is -0.469 e. The van der Waals surface area contributed by atoms with Gasteiger partial charge in [-0.3, -0.25) is 4.79 Å². The zero-order valence-electron chi connectivity index (χ0n) is 17.3. The molecule has 1 saturated carbocycles. The van der Waals surface area contributed by atoms with Crippen LogP contribution in [0.3, 0.4) is 0 Å². The zero-order chi connectivity index (χ0) is 20.4. The second-order valence-corrected chi connectivity index (χ2v) is 13.1. The standard InChI is InChI=1S/C24H30O3Si/c1-19-16-24(17-19,22(25)26-5)18-27-28(23(2,3)4,20-12-8-6-9-13-20)21-14-10-7-11-15-21/h6-15H,1,16-18H2,2-5H3. The predicted molar refractivity (Wildman–Crippen MR) is 116 cm³/mol. The van der Waals surface area contributed by atoms with Crippen LogP contribution in [0.1, 0.15) is 33.6 Å². The summed E-state index contributed by atoms with van der Waals surface area (Å²) in [5, 5.41) is 2.31. The maximum absolute atomic E-state index is 12.6. The quantitative estimate of drug-likeness (QED) is 0.421. The second kappa shape index (κ2) is 7.68. The van der Waals surface area contributed by atoms with Crippen LogP contribution in [0.2, 0.25) is 5.04 Å². The molecular weight excluding hydrogens is 364 g/mol. The van der Waals surface area contributed by atoms with Gasteiger partial charge in [-0.15, -0.1) is 0 Å². The predicted octanol–water partition coefficient (Wildman–Crippen LogP) is 4.07. The number of carbonyl (C=O) groups excluding carboxylic acids is 1. The highest BCUT2D eigenvalue weighted by Gasteiger charge is 2.54. The van der Waals surface area contributed by atoms with Gasteiger partial charge in [-0.2, -0.15) is 0 Å². The summed E-state index contributed by atoms with van der Waals surface area (Å²) >= 11 is 0.